The Morgan fingerprint density at radius 3 is 2.69 bits per heavy atom. The molecule has 0 aromatic heterocycles. The maximum atomic E-state index is 5.80. The van der Waals surface area contributed by atoms with E-state index in [9.17, 15) is 0 Å². The van der Waals surface area contributed by atoms with Crippen molar-refractivity contribution in [3.8, 4) is 0 Å². The molecule has 2 N–H and O–H groups in total. The van der Waals surface area contributed by atoms with E-state index < -0.39 is 0 Å². The number of hydrogen-bond donors (Lipinski definition) is 2. The Morgan fingerprint density at radius 1 is 1.19 bits per heavy atom. The van der Waals surface area contributed by atoms with Gasteiger partial charge >= 0.3 is 0 Å². The van der Waals surface area contributed by atoms with E-state index in [1.165, 1.54) is 0 Å². The van der Waals surface area contributed by atoms with Crippen molar-refractivity contribution in [2.24, 2.45) is 10.9 Å². The summed E-state index contributed by atoms with van der Waals surface area (Å²) in [4.78, 5) is 9.12. The number of nitrogens with one attached hydrogen (secondary N) is 2. The van der Waals surface area contributed by atoms with Crippen LogP contribution in [-0.4, -0.2) is 102 Å². The molecule has 26 heavy (non-hydrogen) atoms. The zero-order chi connectivity index (χ0) is 17.9. The van der Waals surface area contributed by atoms with Gasteiger partial charge in [0.1, 0.15) is 0 Å². The maximum absolute atomic E-state index is 5.80. The third-order valence-corrected chi connectivity index (χ3v) is 5.16. The normalized spacial score (nSPS) is 23.5. The molecule has 0 aliphatic carbocycles. The van der Waals surface area contributed by atoms with E-state index >= 15 is 0 Å². The second kappa shape index (κ2) is 13.9. The molecular weight excluding hydrogens is 445 g/mol. The van der Waals surface area contributed by atoms with Gasteiger partial charge in [0.25, 0.3) is 0 Å². The minimum absolute atomic E-state index is 0. The molecule has 1 atom stereocenters. The predicted octanol–water partition coefficient (Wildman–Crippen LogP) is 0.849. The van der Waals surface area contributed by atoms with Crippen molar-refractivity contribution in [3.63, 3.8) is 0 Å². The number of ether oxygens (including phenoxy) is 2. The Morgan fingerprint density at radius 2 is 1.96 bits per heavy atom. The Bertz CT molecular complexity index is 394. The van der Waals surface area contributed by atoms with Gasteiger partial charge in [0, 0.05) is 72.2 Å². The number of halogens is 1. The largest absolute Gasteiger partial charge is 0.381 e. The molecule has 0 radical (unpaired) electrons. The maximum Gasteiger partial charge on any atom is 0.191 e. The van der Waals surface area contributed by atoms with E-state index in [2.05, 4.69) is 39.5 Å². The number of piperazine rings is 1. The summed E-state index contributed by atoms with van der Waals surface area (Å²) >= 11 is 0. The molecule has 0 saturated carbocycles. The molecule has 2 saturated heterocycles. The van der Waals surface area contributed by atoms with Crippen LogP contribution in [0, 0.1) is 5.92 Å². The number of hydrogen-bond acceptors (Lipinski definition) is 5. The van der Waals surface area contributed by atoms with Gasteiger partial charge in [-0.3, -0.25) is 9.89 Å². The topological polar surface area (TPSA) is 61.4 Å². The van der Waals surface area contributed by atoms with E-state index in [1.807, 2.05) is 7.05 Å². The smallest absolute Gasteiger partial charge is 0.191 e. The van der Waals surface area contributed by atoms with E-state index in [-0.39, 0.29) is 24.0 Å². The first-order valence-electron chi connectivity index (χ1n) is 9.68. The summed E-state index contributed by atoms with van der Waals surface area (Å²) in [6.45, 7) is 8.63. The zero-order valence-electron chi connectivity index (χ0n) is 16.7. The van der Waals surface area contributed by atoms with E-state index in [0.29, 0.717) is 12.0 Å². The third-order valence-electron chi connectivity index (χ3n) is 5.16. The van der Waals surface area contributed by atoms with Crippen LogP contribution < -0.4 is 10.6 Å². The standard InChI is InChI=1S/C18H37N5O2.HI/c1-19-18(21-13-17-14-22(2)8-9-23(17)3)20-7-4-10-25-15-16-5-11-24-12-6-16;/h16-17H,4-15H2,1-3H3,(H2,19,20,21);1H. The van der Waals surface area contributed by atoms with Gasteiger partial charge in [0.05, 0.1) is 0 Å². The highest BCUT2D eigenvalue weighted by Gasteiger charge is 2.22. The first kappa shape index (κ1) is 23.9. The Kier molecular flexibility index (Phi) is 12.8. The van der Waals surface area contributed by atoms with E-state index in [4.69, 9.17) is 9.47 Å². The van der Waals surface area contributed by atoms with Crippen LogP contribution in [-0.2, 0) is 9.47 Å². The van der Waals surface area contributed by atoms with Crippen LogP contribution in [0.5, 0.6) is 0 Å². The van der Waals surface area contributed by atoms with Crippen LogP contribution in [0.4, 0.5) is 0 Å². The van der Waals surface area contributed by atoms with Crippen molar-refractivity contribution in [2.75, 3.05) is 80.3 Å². The highest BCUT2D eigenvalue weighted by Crippen LogP contribution is 2.14. The van der Waals surface area contributed by atoms with Crippen LogP contribution in [0.15, 0.2) is 4.99 Å². The summed E-state index contributed by atoms with van der Waals surface area (Å²) < 4.78 is 11.2. The quantitative estimate of drug-likeness (QED) is 0.231. The summed E-state index contributed by atoms with van der Waals surface area (Å²) in [6, 6.07) is 0.528. The number of rotatable bonds is 8. The number of likely N-dealkylation sites (N-methyl/N-ethyl adjacent to an activating group) is 2. The van der Waals surface area contributed by atoms with E-state index in [0.717, 1.165) is 84.4 Å². The van der Waals surface area contributed by atoms with Crippen molar-refractivity contribution in [2.45, 2.75) is 25.3 Å². The van der Waals surface area contributed by atoms with Crippen molar-refractivity contribution in [1.82, 2.24) is 20.4 Å². The lowest BCUT2D eigenvalue weighted by atomic mass is 10.0. The average Bonchev–Trinajstić information content (AvgIpc) is 2.64. The lowest BCUT2D eigenvalue weighted by Gasteiger charge is -2.37. The van der Waals surface area contributed by atoms with E-state index in [1.54, 1.807) is 0 Å². The summed E-state index contributed by atoms with van der Waals surface area (Å²) in [6.07, 6.45) is 3.27. The van der Waals surface area contributed by atoms with Gasteiger partial charge < -0.3 is 25.0 Å². The van der Waals surface area contributed by atoms with Crippen molar-refractivity contribution in [3.05, 3.63) is 0 Å². The first-order chi connectivity index (χ1) is 12.2. The van der Waals surface area contributed by atoms with Gasteiger partial charge in [-0.15, -0.1) is 24.0 Å². The molecule has 2 rings (SSSR count). The molecule has 7 nitrogen and oxygen atoms in total. The van der Waals surface area contributed by atoms with Gasteiger partial charge in [-0.05, 0) is 39.3 Å². The molecule has 154 valence electrons. The summed E-state index contributed by atoms with van der Waals surface area (Å²) in [7, 11) is 6.21. The lowest BCUT2D eigenvalue weighted by Crippen LogP contribution is -2.55. The molecule has 2 fully saturated rings. The lowest BCUT2D eigenvalue weighted by molar-refractivity contribution is 0.0203. The molecule has 2 aliphatic rings. The molecule has 0 aromatic carbocycles. The molecule has 8 heteroatoms. The molecule has 1 unspecified atom stereocenters. The van der Waals surface area contributed by atoms with Crippen LogP contribution in [0.1, 0.15) is 19.3 Å². The molecule has 0 spiro atoms. The van der Waals surface area contributed by atoms with Crippen LogP contribution in [0.2, 0.25) is 0 Å². The summed E-state index contributed by atoms with van der Waals surface area (Å²) in [5.74, 6) is 1.56. The second-order valence-corrected chi connectivity index (χ2v) is 7.26. The second-order valence-electron chi connectivity index (χ2n) is 7.26. The molecule has 0 aromatic rings. The highest BCUT2D eigenvalue weighted by molar-refractivity contribution is 14.0. The van der Waals surface area contributed by atoms with Crippen LogP contribution >= 0.6 is 24.0 Å². The summed E-state index contributed by atoms with van der Waals surface area (Å²) in [5.41, 5.74) is 0. The Labute approximate surface area is 176 Å². The van der Waals surface area contributed by atoms with Gasteiger partial charge in [-0.1, -0.05) is 0 Å². The van der Waals surface area contributed by atoms with Gasteiger partial charge in [0.15, 0.2) is 5.96 Å². The van der Waals surface area contributed by atoms with Crippen molar-refractivity contribution >= 4 is 29.9 Å². The SMILES string of the molecule is CN=C(NCCCOCC1CCOCC1)NCC1CN(C)CCN1C.I. The van der Waals surface area contributed by atoms with Crippen molar-refractivity contribution in [1.29, 1.82) is 0 Å². The first-order valence-corrected chi connectivity index (χ1v) is 9.68. The molecule has 0 bridgehead atoms. The molecule has 2 aliphatic heterocycles. The van der Waals surface area contributed by atoms with Gasteiger partial charge in [-0.2, -0.15) is 0 Å². The molecule has 0 amide bonds. The zero-order valence-corrected chi connectivity index (χ0v) is 19.0. The van der Waals surface area contributed by atoms with Gasteiger partial charge in [-0.25, -0.2) is 0 Å². The summed E-state index contributed by atoms with van der Waals surface area (Å²) in [5, 5.41) is 6.83. The Balaban J connectivity index is 0.00000338. The minimum Gasteiger partial charge on any atom is -0.381 e. The van der Waals surface area contributed by atoms with Crippen molar-refractivity contribution < 1.29 is 9.47 Å². The monoisotopic (exact) mass is 483 g/mol. The van der Waals surface area contributed by atoms with Crippen LogP contribution in [0.3, 0.4) is 0 Å². The van der Waals surface area contributed by atoms with Crippen LogP contribution in [0.25, 0.3) is 0 Å². The number of guanidine groups is 1. The highest BCUT2D eigenvalue weighted by atomic mass is 127. The predicted molar refractivity (Wildman–Crippen MR) is 118 cm³/mol. The molecule has 2 heterocycles. The number of aliphatic imine (C=N–C) groups is 1. The fraction of sp³-hybridized carbons (Fsp3) is 0.944. The molecular formula is C18H38IN5O2. The fourth-order valence-electron chi connectivity index (χ4n) is 3.30. The average molecular weight is 483 g/mol. The third kappa shape index (κ3) is 9.16. The minimum atomic E-state index is 0. The fourth-order valence-corrected chi connectivity index (χ4v) is 3.30. The number of nitrogens with zero attached hydrogens (tertiary/aromatic N) is 3. The van der Waals surface area contributed by atoms with Gasteiger partial charge in [0.2, 0.25) is 0 Å². The Hall–Kier alpha value is -0.160.